The van der Waals surface area contributed by atoms with Gasteiger partial charge in [0.1, 0.15) is 0 Å². The molecule has 0 fully saturated rings. The fourth-order valence-electron chi connectivity index (χ4n) is 0.600. The summed E-state index contributed by atoms with van der Waals surface area (Å²) < 4.78 is 4.27. The zero-order valence-corrected chi connectivity index (χ0v) is 6.62. The van der Waals surface area contributed by atoms with Gasteiger partial charge in [0, 0.05) is 13.0 Å². The van der Waals surface area contributed by atoms with Crippen molar-refractivity contribution in [3.63, 3.8) is 0 Å². The Kier molecular flexibility index (Phi) is 5.78. The van der Waals surface area contributed by atoms with E-state index >= 15 is 0 Å². The van der Waals surface area contributed by atoms with Gasteiger partial charge in [-0.1, -0.05) is 6.92 Å². The lowest BCUT2D eigenvalue weighted by Crippen LogP contribution is -2.09. The van der Waals surface area contributed by atoms with Gasteiger partial charge in [-0.25, -0.2) is 0 Å². The molecule has 0 rings (SSSR count). The van der Waals surface area contributed by atoms with E-state index in [0.717, 1.165) is 0 Å². The molecule has 0 spiro atoms. The average molecular weight is 162 g/mol. The highest BCUT2D eigenvalue weighted by atomic mass is 16.6. The lowest BCUT2D eigenvalue weighted by molar-refractivity contribution is -0.152. The predicted molar refractivity (Wildman–Crippen MR) is 38.7 cm³/mol. The van der Waals surface area contributed by atoms with Gasteiger partial charge in [-0.05, 0) is 12.3 Å². The maximum absolute atomic E-state index is 10.6. The predicted octanol–water partition coefficient (Wildman–Crippen LogP) is -0.112. The maximum Gasteiger partial charge on any atom is 0.307 e. The molecule has 4 heteroatoms. The van der Waals surface area contributed by atoms with Gasteiger partial charge in [0.25, 0.3) is 0 Å². The summed E-state index contributed by atoms with van der Waals surface area (Å²) in [6, 6.07) is 0. The molecule has 0 saturated carbocycles. The molecule has 0 aromatic heterocycles. The molecule has 0 aliphatic carbocycles. The third kappa shape index (κ3) is 5.82. The number of ether oxygens (including phenoxy) is 1. The molecule has 0 aromatic rings. The molecule has 0 aromatic carbocycles. The lowest BCUT2D eigenvalue weighted by atomic mass is 10.1. The van der Waals surface area contributed by atoms with Gasteiger partial charge in [0.15, 0.2) is 6.79 Å². The highest BCUT2D eigenvalue weighted by molar-refractivity contribution is 5.69. The molecule has 0 aliphatic rings. The molecule has 2 N–H and O–H groups in total. The Labute approximate surface area is 65.8 Å². The first-order valence-electron chi connectivity index (χ1n) is 3.58. The van der Waals surface area contributed by atoms with Crippen LogP contribution in [-0.2, 0) is 9.53 Å². The van der Waals surface area contributed by atoms with E-state index in [4.69, 9.17) is 10.2 Å². The van der Waals surface area contributed by atoms with Crippen LogP contribution in [-0.4, -0.2) is 29.6 Å². The van der Waals surface area contributed by atoms with Crippen LogP contribution in [0.2, 0.25) is 0 Å². The van der Waals surface area contributed by atoms with E-state index in [1.807, 2.05) is 6.92 Å². The summed E-state index contributed by atoms with van der Waals surface area (Å²) in [5.41, 5.74) is 0. The molecule has 66 valence electrons. The molecule has 1 atom stereocenters. The zero-order chi connectivity index (χ0) is 8.69. The van der Waals surface area contributed by atoms with Gasteiger partial charge in [0.2, 0.25) is 0 Å². The minimum atomic E-state index is -0.563. The third-order valence-electron chi connectivity index (χ3n) is 1.38. The van der Waals surface area contributed by atoms with Crippen molar-refractivity contribution in [1.29, 1.82) is 0 Å². The van der Waals surface area contributed by atoms with Gasteiger partial charge >= 0.3 is 5.97 Å². The molecule has 0 amide bonds. The largest absolute Gasteiger partial charge is 0.439 e. The number of rotatable bonds is 5. The number of aliphatic hydroxyl groups is 2. The van der Waals surface area contributed by atoms with Crippen molar-refractivity contribution >= 4 is 5.97 Å². The fourth-order valence-corrected chi connectivity index (χ4v) is 0.600. The Bertz CT molecular complexity index is 113. The minimum absolute atomic E-state index is 0.0758. The second-order valence-electron chi connectivity index (χ2n) is 2.47. The van der Waals surface area contributed by atoms with Gasteiger partial charge in [-0.15, -0.1) is 0 Å². The van der Waals surface area contributed by atoms with E-state index in [9.17, 15) is 4.79 Å². The Hall–Kier alpha value is -0.610. The van der Waals surface area contributed by atoms with Crippen LogP contribution in [0.1, 0.15) is 19.8 Å². The van der Waals surface area contributed by atoms with Gasteiger partial charge in [-0.3, -0.25) is 4.79 Å². The van der Waals surface area contributed by atoms with Crippen LogP contribution in [0.5, 0.6) is 0 Å². The van der Waals surface area contributed by atoms with Crippen molar-refractivity contribution < 1.29 is 19.7 Å². The smallest absolute Gasteiger partial charge is 0.307 e. The maximum atomic E-state index is 10.6. The molecular weight excluding hydrogens is 148 g/mol. The van der Waals surface area contributed by atoms with Crippen molar-refractivity contribution in [2.75, 3.05) is 13.4 Å². The van der Waals surface area contributed by atoms with E-state index in [2.05, 4.69) is 4.74 Å². The normalized spacial score (nSPS) is 12.6. The van der Waals surface area contributed by atoms with Crippen molar-refractivity contribution in [3.8, 4) is 0 Å². The van der Waals surface area contributed by atoms with Crippen LogP contribution in [0.15, 0.2) is 0 Å². The molecule has 0 heterocycles. The van der Waals surface area contributed by atoms with E-state index in [1.165, 1.54) is 0 Å². The SMILES string of the molecule is CC(CO)CCC(=O)OCO. The Morgan fingerprint density at radius 3 is 2.64 bits per heavy atom. The highest BCUT2D eigenvalue weighted by Gasteiger charge is 2.05. The summed E-state index contributed by atoms with van der Waals surface area (Å²) in [5, 5.41) is 16.7. The van der Waals surface area contributed by atoms with Crippen molar-refractivity contribution in [1.82, 2.24) is 0 Å². The number of hydrogen-bond acceptors (Lipinski definition) is 4. The first-order chi connectivity index (χ1) is 5.20. The number of esters is 1. The van der Waals surface area contributed by atoms with Crippen LogP contribution in [0.3, 0.4) is 0 Å². The van der Waals surface area contributed by atoms with Crippen LogP contribution < -0.4 is 0 Å². The van der Waals surface area contributed by atoms with Crippen molar-refractivity contribution in [2.24, 2.45) is 5.92 Å². The summed E-state index contributed by atoms with van der Waals surface area (Å²) in [6.45, 7) is 1.35. The molecule has 11 heavy (non-hydrogen) atoms. The summed E-state index contributed by atoms with van der Waals surface area (Å²) in [4.78, 5) is 10.6. The summed E-state index contributed by atoms with van der Waals surface area (Å²) >= 11 is 0. The van der Waals surface area contributed by atoms with Crippen molar-refractivity contribution in [2.45, 2.75) is 19.8 Å². The molecule has 1 unspecified atom stereocenters. The second-order valence-corrected chi connectivity index (χ2v) is 2.47. The Morgan fingerprint density at radius 1 is 1.55 bits per heavy atom. The van der Waals surface area contributed by atoms with Crippen LogP contribution in [0.4, 0.5) is 0 Å². The second kappa shape index (κ2) is 6.12. The number of carbonyl (C=O) groups is 1. The topological polar surface area (TPSA) is 66.8 Å². The first-order valence-corrected chi connectivity index (χ1v) is 3.58. The van der Waals surface area contributed by atoms with Crippen LogP contribution in [0, 0.1) is 5.92 Å². The van der Waals surface area contributed by atoms with Crippen molar-refractivity contribution in [3.05, 3.63) is 0 Å². The first kappa shape index (κ1) is 10.4. The number of aliphatic hydroxyl groups excluding tert-OH is 2. The standard InChI is InChI=1S/C7H14O4/c1-6(4-8)2-3-7(10)11-5-9/h6,8-9H,2-5H2,1H3. The van der Waals surface area contributed by atoms with E-state index < -0.39 is 12.8 Å². The van der Waals surface area contributed by atoms with Crippen LogP contribution >= 0.6 is 0 Å². The molecule has 0 bridgehead atoms. The zero-order valence-electron chi connectivity index (χ0n) is 6.62. The average Bonchev–Trinajstić information content (AvgIpc) is 2.01. The molecule has 0 radical (unpaired) electrons. The van der Waals surface area contributed by atoms with Gasteiger partial charge in [0.05, 0.1) is 0 Å². The Balaban J connectivity index is 3.30. The molecular formula is C7H14O4. The van der Waals surface area contributed by atoms with E-state index in [0.29, 0.717) is 6.42 Å². The summed E-state index contributed by atoms with van der Waals surface area (Å²) in [5.74, 6) is -0.311. The highest BCUT2D eigenvalue weighted by Crippen LogP contribution is 2.04. The lowest BCUT2D eigenvalue weighted by Gasteiger charge is -2.05. The van der Waals surface area contributed by atoms with Gasteiger partial charge in [-0.2, -0.15) is 0 Å². The number of carbonyl (C=O) groups excluding carboxylic acids is 1. The third-order valence-corrected chi connectivity index (χ3v) is 1.38. The number of hydrogen-bond donors (Lipinski definition) is 2. The van der Waals surface area contributed by atoms with E-state index in [1.54, 1.807) is 0 Å². The monoisotopic (exact) mass is 162 g/mol. The minimum Gasteiger partial charge on any atom is -0.439 e. The molecule has 0 aliphatic heterocycles. The fraction of sp³-hybridized carbons (Fsp3) is 0.857. The summed E-state index contributed by atoms with van der Waals surface area (Å²) in [7, 11) is 0. The quantitative estimate of drug-likeness (QED) is 0.437. The molecule has 4 nitrogen and oxygen atoms in total. The van der Waals surface area contributed by atoms with Crippen LogP contribution in [0.25, 0.3) is 0 Å². The Morgan fingerprint density at radius 2 is 2.18 bits per heavy atom. The van der Waals surface area contributed by atoms with E-state index in [-0.39, 0.29) is 18.9 Å². The summed E-state index contributed by atoms with van der Waals surface area (Å²) in [6.07, 6.45) is 0.845. The van der Waals surface area contributed by atoms with Gasteiger partial charge < -0.3 is 14.9 Å². The molecule has 0 saturated heterocycles.